The highest BCUT2D eigenvalue weighted by Gasteiger charge is 2.43. The Hall–Kier alpha value is -2.72. The van der Waals surface area contributed by atoms with Gasteiger partial charge in [0, 0.05) is 39.6 Å². The maximum absolute atomic E-state index is 9.34. The summed E-state index contributed by atoms with van der Waals surface area (Å²) in [7, 11) is 3.90. The number of piperidine rings is 1. The summed E-state index contributed by atoms with van der Waals surface area (Å²) in [5.74, 6) is 1.48. The molecule has 0 aromatic carbocycles. The number of rotatable bonds is 2. The van der Waals surface area contributed by atoms with Crippen molar-refractivity contribution < 1.29 is 4.74 Å². The predicted molar refractivity (Wildman–Crippen MR) is 98.1 cm³/mol. The average molecular weight is 350 g/mol. The van der Waals surface area contributed by atoms with Crippen LogP contribution in [0.25, 0.3) is 0 Å². The molecule has 2 aromatic rings. The third-order valence-electron chi connectivity index (χ3n) is 5.21. The van der Waals surface area contributed by atoms with E-state index < -0.39 is 0 Å². The molecule has 1 spiro atoms. The Labute approximate surface area is 153 Å². The van der Waals surface area contributed by atoms with Crippen LogP contribution in [0, 0.1) is 11.3 Å². The van der Waals surface area contributed by atoms with E-state index in [2.05, 4.69) is 20.9 Å². The van der Waals surface area contributed by atoms with Crippen molar-refractivity contribution in [1.82, 2.24) is 15.0 Å². The first-order valence-corrected chi connectivity index (χ1v) is 8.91. The summed E-state index contributed by atoms with van der Waals surface area (Å²) in [6.45, 7) is 2.27. The lowest BCUT2D eigenvalue weighted by Crippen LogP contribution is -2.47. The van der Waals surface area contributed by atoms with Gasteiger partial charge in [0.15, 0.2) is 0 Å². The van der Waals surface area contributed by atoms with Gasteiger partial charge < -0.3 is 14.5 Å². The van der Waals surface area contributed by atoms with Crippen molar-refractivity contribution in [2.45, 2.75) is 24.9 Å². The van der Waals surface area contributed by atoms with Crippen LogP contribution in [0.15, 0.2) is 24.5 Å². The highest BCUT2D eigenvalue weighted by Crippen LogP contribution is 2.41. The Bertz CT molecular complexity index is 851. The molecule has 0 atom stereocenters. The molecule has 2 aromatic heterocycles. The highest BCUT2D eigenvalue weighted by atomic mass is 16.5. The number of pyridine rings is 1. The summed E-state index contributed by atoms with van der Waals surface area (Å²) in [6, 6.07) is 5.85. The van der Waals surface area contributed by atoms with Crippen molar-refractivity contribution in [3.8, 4) is 6.07 Å². The minimum Gasteiger partial charge on any atom is -0.368 e. The number of ether oxygens (including phenoxy) is 1. The van der Waals surface area contributed by atoms with Crippen LogP contribution < -0.4 is 9.80 Å². The Morgan fingerprint density at radius 3 is 2.81 bits per heavy atom. The number of aromatic nitrogens is 3. The molecule has 7 heteroatoms. The van der Waals surface area contributed by atoms with Crippen molar-refractivity contribution in [2.24, 2.45) is 0 Å². The fourth-order valence-electron chi connectivity index (χ4n) is 3.81. The van der Waals surface area contributed by atoms with E-state index >= 15 is 0 Å². The van der Waals surface area contributed by atoms with Crippen molar-refractivity contribution in [3.05, 3.63) is 41.3 Å². The van der Waals surface area contributed by atoms with Crippen LogP contribution in [-0.4, -0.2) is 48.7 Å². The maximum Gasteiger partial charge on any atom is 0.225 e. The van der Waals surface area contributed by atoms with Crippen molar-refractivity contribution in [3.63, 3.8) is 0 Å². The molecule has 134 valence electrons. The van der Waals surface area contributed by atoms with Crippen molar-refractivity contribution in [1.29, 1.82) is 5.26 Å². The molecule has 0 bridgehead atoms. The van der Waals surface area contributed by atoms with Crippen LogP contribution in [0.4, 0.5) is 11.8 Å². The van der Waals surface area contributed by atoms with E-state index in [1.165, 1.54) is 5.56 Å². The van der Waals surface area contributed by atoms with Crippen LogP contribution in [0.2, 0.25) is 0 Å². The van der Waals surface area contributed by atoms with Crippen LogP contribution >= 0.6 is 0 Å². The van der Waals surface area contributed by atoms with Gasteiger partial charge in [-0.1, -0.05) is 0 Å². The fourth-order valence-corrected chi connectivity index (χ4v) is 3.81. The molecule has 1 fully saturated rings. The SMILES string of the molecule is CN(C)c1ncc2c(n1)C1(CCN(c3ncccc3C#N)CC1)OCC2. The summed E-state index contributed by atoms with van der Waals surface area (Å²) in [5, 5.41) is 9.34. The Morgan fingerprint density at radius 2 is 2.08 bits per heavy atom. The monoisotopic (exact) mass is 350 g/mol. The predicted octanol–water partition coefficient (Wildman–Crippen LogP) is 1.88. The van der Waals surface area contributed by atoms with Gasteiger partial charge in [-0.15, -0.1) is 0 Å². The molecular formula is C19H22N6O. The maximum atomic E-state index is 9.34. The Balaban J connectivity index is 1.62. The molecule has 1 saturated heterocycles. The van der Waals surface area contributed by atoms with Gasteiger partial charge in [0.05, 0.1) is 17.9 Å². The molecular weight excluding hydrogens is 328 g/mol. The van der Waals surface area contributed by atoms with Gasteiger partial charge in [-0.25, -0.2) is 15.0 Å². The van der Waals surface area contributed by atoms with Gasteiger partial charge >= 0.3 is 0 Å². The van der Waals surface area contributed by atoms with Crippen LogP contribution in [0.1, 0.15) is 29.7 Å². The average Bonchev–Trinajstić information content (AvgIpc) is 2.68. The molecule has 4 heterocycles. The number of nitriles is 1. The number of nitrogens with zero attached hydrogens (tertiary/aromatic N) is 6. The second-order valence-corrected chi connectivity index (χ2v) is 7.00. The summed E-state index contributed by atoms with van der Waals surface area (Å²) < 4.78 is 6.29. The number of hydrogen-bond donors (Lipinski definition) is 0. The smallest absolute Gasteiger partial charge is 0.225 e. The molecule has 4 rings (SSSR count). The van der Waals surface area contributed by atoms with Gasteiger partial charge in [0.25, 0.3) is 0 Å². The van der Waals surface area contributed by atoms with E-state index in [-0.39, 0.29) is 5.60 Å². The van der Waals surface area contributed by atoms with E-state index in [1.54, 1.807) is 12.3 Å². The molecule has 0 saturated carbocycles. The molecule has 0 unspecified atom stereocenters. The van der Waals surface area contributed by atoms with Gasteiger partial charge in [0.2, 0.25) is 5.95 Å². The number of anilines is 2. The topological polar surface area (TPSA) is 78.2 Å². The highest BCUT2D eigenvalue weighted by molar-refractivity contribution is 5.54. The van der Waals surface area contributed by atoms with Gasteiger partial charge in [-0.2, -0.15) is 5.26 Å². The zero-order valence-electron chi connectivity index (χ0n) is 15.1. The summed E-state index contributed by atoms with van der Waals surface area (Å²) in [6.07, 6.45) is 6.19. The first kappa shape index (κ1) is 16.7. The number of fused-ring (bicyclic) bond motifs is 2. The third kappa shape index (κ3) is 2.76. The molecule has 2 aliphatic heterocycles. The van der Waals surface area contributed by atoms with Gasteiger partial charge in [0.1, 0.15) is 17.5 Å². The summed E-state index contributed by atoms with van der Waals surface area (Å²) >= 11 is 0. The quantitative estimate of drug-likeness (QED) is 0.818. The lowest BCUT2D eigenvalue weighted by Gasteiger charge is -2.44. The van der Waals surface area contributed by atoms with E-state index in [0.29, 0.717) is 18.1 Å². The van der Waals surface area contributed by atoms with E-state index in [4.69, 9.17) is 9.72 Å². The molecule has 7 nitrogen and oxygen atoms in total. The Morgan fingerprint density at radius 1 is 1.27 bits per heavy atom. The van der Waals surface area contributed by atoms with E-state index in [9.17, 15) is 5.26 Å². The van der Waals surface area contributed by atoms with Crippen LogP contribution in [-0.2, 0) is 16.8 Å². The van der Waals surface area contributed by atoms with Crippen molar-refractivity contribution in [2.75, 3.05) is 43.6 Å². The van der Waals surface area contributed by atoms with E-state index in [0.717, 1.165) is 43.9 Å². The molecule has 0 aliphatic carbocycles. The molecule has 26 heavy (non-hydrogen) atoms. The molecule has 2 aliphatic rings. The third-order valence-corrected chi connectivity index (χ3v) is 5.21. The molecule has 0 radical (unpaired) electrons. The second kappa shape index (κ2) is 6.54. The van der Waals surface area contributed by atoms with Crippen molar-refractivity contribution >= 4 is 11.8 Å². The van der Waals surface area contributed by atoms with Gasteiger partial charge in [-0.05, 0) is 37.0 Å². The lowest BCUT2D eigenvalue weighted by atomic mass is 9.83. The van der Waals surface area contributed by atoms with E-state index in [1.807, 2.05) is 31.3 Å². The largest absolute Gasteiger partial charge is 0.368 e. The standard InChI is InChI=1S/C19H22N6O/c1-24(2)18-22-13-15-5-11-26-19(16(15)23-18)6-9-25(10-7-19)17-14(12-20)4-3-8-21-17/h3-4,8,13H,5-7,9-11H2,1-2H3. The van der Waals surface area contributed by atoms with Crippen LogP contribution in [0.5, 0.6) is 0 Å². The lowest BCUT2D eigenvalue weighted by molar-refractivity contribution is -0.0801. The minimum absolute atomic E-state index is 0.362. The number of hydrogen-bond acceptors (Lipinski definition) is 7. The Kier molecular flexibility index (Phi) is 4.21. The zero-order valence-corrected chi connectivity index (χ0v) is 15.1. The first-order valence-electron chi connectivity index (χ1n) is 8.91. The summed E-state index contributed by atoms with van der Waals surface area (Å²) in [4.78, 5) is 17.8. The first-order chi connectivity index (χ1) is 12.6. The molecule has 0 amide bonds. The molecule has 0 N–H and O–H groups in total. The minimum atomic E-state index is -0.362. The van der Waals surface area contributed by atoms with Gasteiger partial charge in [-0.3, -0.25) is 0 Å². The normalized spacial score (nSPS) is 18.3. The zero-order chi connectivity index (χ0) is 18.1. The summed E-state index contributed by atoms with van der Waals surface area (Å²) in [5.41, 5.74) is 2.47. The fraction of sp³-hybridized carbons (Fsp3) is 0.474. The second-order valence-electron chi connectivity index (χ2n) is 7.00. The van der Waals surface area contributed by atoms with Crippen LogP contribution in [0.3, 0.4) is 0 Å².